The van der Waals surface area contributed by atoms with E-state index in [1.807, 2.05) is 0 Å². The Hall–Kier alpha value is -1.27. The SMILES string of the molecule is CN1C2CCCC1CC(O)(Cc1ccc(OC(F)(F)F)cc1)C2. The second-order valence-electron chi connectivity index (χ2n) is 6.91. The van der Waals surface area contributed by atoms with E-state index in [-0.39, 0.29) is 5.75 Å². The number of piperidine rings is 2. The zero-order chi connectivity index (χ0) is 16.7. The predicted octanol–water partition coefficient (Wildman–Crippen LogP) is 3.51. The number of halogens is 3. The van der Waals surface area contributed by atoms with Gasteiger partial charge in [-0.3, -0.25) is 0 Å². The van der Waals surface area contributed by atoms with Crippen molar-refractivity contribution in [1.82, 2.24) is 4.90 Å². The van der Waals surface area contributed by atoms with Gasteiger partial charge in [-0.15, -0.1) is 13.2 Å². The maximum absolute atomic E-state index is 12.2. The van der Waals surface area contributed by atoms with Gasteiger partial charge in [-0.1, -0.05) is 18.6 Å². The first-order valence-electron chi connectivity index (χ1n) is 8.03. The van der Waals surface area contributed by atoms with Gasteiger partial charge in [0, 0.05) is 18.5 Å². The normalized spacial score (nSPS) is 31.9. The zero-order valence-corrected chi connectivity index (χ0v) is 13.1. The monoisotopic (exact) mass is 329 g/mol. The summed E-state index contributed by atoms with van der Waals surface area (Å²) in [6, 6.07) is 6.63. The minimum Gasteiger partial charge on any atom is -0.406 e. The number of hydrogen-bond donors (Lipinski definition) is 1. The number of hydrogen-bond acceptors (Lipinski definition) is 3. The standard InChI is InChI=1S/C17H22F3NO2/c1-21-13-3-2-4-14(21)11-16(22,10-13)9-12-5-7-15(8-6-12)23-17(18,19)20/h5-8,13-14,22H,2-4,9-11H2,1H3. The number of nitrogens with zero attached hydrogens (tertiary/aromatic N) is 1. The summed E-state index contributed by atoms with van der Waals surface area (Å²) in [4.78, 5) is 2.37. The molecule has 23 heavy (non-hydrogen) atoms. The van der Waals surface area contributed by atoms with Gasteiger partial charge < -0.3 is 14.7 Å². The van der Waals surface area contributed by atoms with Gasteiger partial charge in [0.1, 0.15) is 5.75 Å². The van der Waals surface area contributed by atoms with Crippen molar-refractivity contribution in [3.05, 3.63) is 29.8 Å². The fourth-order valence-corrected chi connectivity index (χ4v) is 4.08. The van der Waals surface area contributed by atoms with Crippen LogP contribution >= 0.6 is 0 Å². The first-order valence-corrected chi connectivity index (χ1v) is 8.03. The van der Waals surface area contributed by atoms with Crippen LogP contribution in [-0.2, 0) is 6.42 Å². The van der Waals surface area contributed by atoms with Gasteiger partial charge >= 0.3 is 6.36 Å². The Morgan fingerprint density at radius 1 is 1.17 bits per heavy atom. The van der Waals surface area contributed by atoms with E-state index in [0.717, 1.165) is 31.2 Å². The van der Waals surface area contributed by atoms with Crippen molar-refractivity contribution in [1.29, 1.82) is 0 Å². The Balaban J connectivity index is 1.67. The van der Waals surface area contributed by atoms with E-state index >= 15 is 0 Å². The molecule has 2 fully saturated rings. The van der Waals surface area contributed by atoms with Crippen LogP contribution in [0.1, 0.15) is 37.7 Å². The molecule has 2 aliphatic heterocycles. The zero-order valence-electron chi connectivity index (χ0n) is 13.1. The summed E-state index contributed by atoms with van der Waals surface area (Å²) in [5.74, 6) is -0.228. The lowest BCUT2D eigenvalue weighted by atomic mass is 9.73. The van der Waals surface area contributed by atoms with Crippen LogP contribution in [0.15, 0.2) is 24.3 Å². The summed E-state index contributed by atoms with van der Waals surface area (Å²) in [7, 11) is 2.12. The molecule has 0 saturated carbocycles. The molecule has 0 spiro atoms. The van der Waals surface area contributed by atoms with Gasteiger partial charge in [0.25, 0.3) is 0 Å². The Morgan fingerprint density at radius 2 is 1.74 bits per heavy atom. The molecule has 6 heteroatoms. The molecule has 1 N–H and O–H groups in total. The van der Waals surface area contributed by atoms with Gasteiger partial charge in [-0.25, -0.2) is 0 Å². The van der Waals surface area contributed by atoms with Gasteiger partial charge in [-0.05, 0) is 50.4 Å². The fraction of sp³-hybridized carbons (Fsp3) is 0.647. The molecule has 2 saturated heterocycles. The quantitative estimate of drug-likeness (QED) is 0.921. The average Bonchev–Trinajstić information content (AvgIpc) is 2.42. The third-order valence-corrected chi connectivity index (χ3v) is 5.15. The van der Waals surface area contributed by atoms with E-state index < -0.39 is 12.0 Å². The van der Waals surface area contributed by atoms with Crippen molar-refractivity contribution in [2.24, 2.45) is 0 Å². The van der Waals surface area contributed by atoms with Crippen LogP contribution in [0.4, 0.5) is 13.2 Å². The van der Waals surface area contributed by atoms with Crippen LogP contribution in [0.5, 0.6) is 5.75 Å². The smallest absolute Gasteiger partial charge is 0.406 e. The second-order valence-corrected chi connectivity index (χ2v) is 6.91. The van der Waals surface area contributed by atoms with E-state index in [2.05, 4.69) is 16.7 Å². The van der Waals surface area contributed by atoms with Crippen LogP contribution in [0.2, 0.25) is 0 Å². The van der Waals surface area contributed by atoms with Gasteiger partial charge in [-0.2, -0.15) is 0 Å². The summed E-state index contributed by atoms with van der Waals surface area (Å²) in [6.45, 7) is 0. The fourth-order valence-electron chi connectivity index (χ4n) is 4.08. The Morgan fingerprint density at radius 3 is 2.26 bits per heavy atom. The molecule has 2 atom stereocenters. The van der Waals surface area contributed by atoms with Crippen molar-refractivity contribution in [3.8, 4) is 5.75 Å². The Bertz CT molecular complexity index is 530. The van der Waals surface area contributed by atoms with Gasteiger partial charge in [0.15, 0.2) is 0 Å². The van der Waals surface area contributed by atoms with E-state index in [0.29, 0.717) is 18.5 Å². The first kappa shape index (κ1) is 16.6. The summed E-state index contributed by atoms with van der Waals surface area (Å²) in [6.07, 6.45) is 0.660. The van der Waals surface area contributed by atoms with Crippen molar-refractivity contribution >= 4 is 0 Å². The van der Waals surface area contributed by atoms with E-state index in [9.17, 15) is 18.3 Å². The molecule has 128 valence electrons. The van der Waals surface area contributed by atoms with Crippen LogP contribution < -0.4 is 4.74 Å². The summed E-state index contributed by atoms with van der Waals surface area (Å²) >= 11 is 0. The van der Waals surface area contributed by atoms with Crippen molar-refractivity contribution in [2.75, 3.05) is 7.05 Å². The molecule has 0 aliphatic carbocycles. The highest BCUT2D eigenvalue weighted by molar-refractivity contribution is 5.28. The van der Waals surface area contributed by atoms with Crippen LogP contribution in [0.3, 0.4) is 0 Å². The highest BCUT2D eigenvalue weighted by Gasteiger charge is 2.43. The van der Waals surface area contributed by atoms with Crippen molar-refractivity contribution < 1.29 is 23.0 Å². The molecule has 0 aromatic heterocycles. The molecule has 3 nitrogen and oxygen atoms in total. The number of fused-ring (bicyclic) bond motifs is 2. The Labute approximate surface area is 134 Å². The third-order valence-electron chi connectivity index (χ3n) is 5.15. The molecule has 2 unspecified atom stereocenters. The molecule has 0 amide bonds. The summed E-state index contributed by atoms with van der Waals surface area (Å²) in [5.41, 5.74) is 0.0685. The van der Waals surface area contributed by atoms with Crippen molar-refractivity contribution in [3.63, 3.8) is 0 Å². The highest BCUT2D eigenvalue weighted by atomic mass is 19.4. The molecule has 1 aromatic rings. The minimum atomic E-state index is -4.68. The van der Waals surface area contributed by atoms with Crippen molar-refractivity contribution in [2.45, 2.75) is 62.6 Å². The van der Waals surface area contributed by atoms with Crippen LogP contribution in [0.25, 0.3) is 0 Å². The topological polar surface area (TPSA) is 32.7 Å². The number of rotatable bonds is 3. The summed E-state index contributed by atoms with van der Waals surface area (Å²) in [5, 5.41) is 11.0. The van der Waals surface area contributed by atoms with Gasteiger partial charge in [0.2, 0.25) is 0 Å². The molecule has 3 rings (SSSR count). The largest absolute Gasteiger partial charge is 0.573 e. The number of benzene rings is 1. The molecule has 2 heterocycles. The molecule has 2 aliphatic rings. The van der Waals surface area contributed by atoms with Crippen LogP contribution in [0, 0.1) is 0 Å². The van der Waals surface area contributed by atoms with Gasteiger partial charge in [0.05, 0.1) is 5.60 Å². The first-order chi connectivity index (χ1) is 10.7. The molecular weight excluding hydrogens is 307 g/mol. The average molecular weight is 329 g/mol. The molecule has 2 bridgehead atoms. The lowest BCUT2D eigenvalue weighted by Crippen LogP contribution is -2.57. The number of alkyl halides is 3. The number of aliphatic hydroxyl groups is 1. The summed E-state index contributed by atoms with van der Waals surface area (Å²) < 4.78 is 40.4. The second kappa shape index (κ2) is 5.98. The lowest BCUT2D eigenvalue weighted by Gasteiger charge is -2.50. The minimum absolute atomic E-state index is 0.228. The number of ether oxygens (including phenoxy) is 1. The lowest BCUT2D eigenvalue weighted by molar-refractivity contribution is -0.274. The third kappa shape index (κ3) is 3.98. The molecule has 1 aromatic carbocycles. The molecule has 0 radical (unpaired) electrons. The van der Waals surface area contributed by atoms with Crippen LogP contribution in [-0.4, -0.2) is 41.1 Å². The van der Waals surface area contributed by atoms with E-state index in [4.69, 9.17) is 0 Å². The van der Waals surface area contributed by atoms with E-state index in [1.54, 1.807) is 12.1 Å². The van der Waals surface area contributed by atoms with E-state index in [1.165, 1.54) is 18.6 Å². The maximum atomic E-state index is 12.2. The Kier molecular flexibility index (Phi) is 4.31. The highest BCUT2D eigenvalue weighted by Crippen LogP contribution is 2.39. The predicted molar refractivity (Wildman–Crippen MR) is 80.2 cm³/mol. The molecular formula is C17H22F3NO2. The maximum Gasteiger partial charge on any atom is 0.573 e.